The average molecular weight is 279 g/mol. The summed E-state index contributed by atoms with van der Waals surface area (Å²) in [4.78, 5) is 23.0. The van der Waals surface area contributed by atoms with Crippen LogP contribution in [-0.4, -0.2) is 26.2 Å². The van der Waals surface area contributed by atoms with E-state index in [-0.39, 0.29) is 0 Å². The molecule has 2 rings (SSSR count). The number of halogens is 1. The van der Waals surface area contributed by atoms with Crippen molar-refractivity contribution in [2.45, 2.75) is 0 Å². The van der Waals surface area contributed by atoms with E-state index in [0.717, 1.165) is 5.39 Å². The van der Waals surface area contributed by atoms with Crippen LogP contribution < -0.4 is 0 Å². The Morgan fingerprint density at radius 1 is 1.00 bits per heavy atom. The third kappa shape index (κ3) is 2.39. The molecule has 0 aliphatic rings. The molecule has 0 radical (unpaired) electrons. The van der Waals surface area contributed by atoms with Crippen LogP contribution in [0.3, 0.4) is 0 Å². The Balaban J connectivity index is 2.60. The first kappa shape index (κ1) is 13.4. The number of methoxy groups -OCH3 is 2. The largest absolute Gasteiger partial charge is 0.465 e. The number of carbonyl (C=O) groups is 2. The predicted octanol–water partition coefficient (Wildman–Crippen LogP) is 3.07. The average Bonchev–Trinajstić information content (AvgIpc) is 2.45. The Kier molecular flexibility index (Phi) is 3.71. The number of rotatable bonds is 2. The third-order valence-corrected chi connectivity index (χ3v) is 3.19. The second-order valence-electron chi connectivity index (χ2n) is 3.85. The number of benzene rings is 2. The van der Waals surface area contributed by atoms with Gasteiger partial charge >= 0.3 is 11.9 Å². The lowest BCUT2D eigenvalue weighted by Gasteiger charge is -2.07. The van der Waals surface area contributed by atoms with Gasteiger partial charge in [0.05, 0.1) is 30.4 Å². The van der Waals surface area contributed by atoms with Crippen LogP contribution >= 0.6 is 11.6 Å². The molecular weight excluding hydrogens is 268 g/mol. The maximum Gasteiger partial charge on any atom is 0.339 e. The lowest BCUT2D eigenvalue weighted by molar-refractivity contribution is 0.0591. The van der Waals surface area contributed by atoms with Gasteiger partial charge in [-0.25, -0.2) is 9.59 Å². The minimum Gasteiger partial charge on any atom is -0.465 e. The van der Waals surface area contributed by atoms with Crippen molar-refractivity contribution >= 4 is 34.3 Å². The number of hydrogen-bond acceptors (Lipinski definition) is 4. The minimum absolute atomic E-state index is 0.294. The fraction of sp³-hybridized carbons (Fsp3) is 0.143. The summed E-state index contributed by atoms with van der Waals surface area (Å²) < 4.78 is 9.30. The molecule has 19 heavy (non-hydrogen) atoms. The molecule has 5 heteroatoms. The van der Waals surface area contributed by atoms with Gasteiger partial charge in [0.2, 0.25) is 0 Å². The summed E-state index contributed by atoms with van der Waals surface area (Å²) in [7, 11) is 2.61. The van der Waals surface area contributed by atoms with Gasteiger partial charge in [-0.05, 0) is 23.6 Å². The summed E-state index contributed by atoms with van der Waals surface area (Å²) in [5, 5.41) is 1.73. The van der Waals surface area contributed by atoms with Crippen molar-refractivity contribution in [2.75, 3.05) is 14.2 Å². The van der Waals surface area contributed by atoms with Gasteiger partial charge < -0.3 is 9.47 Å². The number of ether oxygens (including phenoxy) is 2. The van der Waals surface area contributed by atoms with Crippen molar-refractivity contribution in [3.63, 3.8) is 0 Å². The van der Waals surface area contributed by atoms with Crippen LogP contribution in [-0.2, 0) is 9.47 Å². The Bertz CT molecular complexity index is 664. The lowest BCUT2D eigenvalue weighted by Crippen LogP contribution is -2.03. The van der Waals surface area contributed by atoms with E-state index in [1.807, 2.05) is 0 Å². The van der Waals surface area contributed by atoms with Crippen LogP contribution in [0.15, 0.2) is 30.3 Å². The molecule has 0 unspecified atom stereocenters. The summed E-state index contributed by atoms with van der Waals surface area (Å²) in [5.41, 5.74) is 0.722. The maximum absolute atomic E-state index is 11.5. The molecule has 0 fully saturated rings. The fourth-order valence-electron chi connectivity index (χ4n) is 1.80. The van der Waals surface area contributed by atoms with Crippen molar-refractivity contribution in [2.24, 2.45) is 0 Å². The van der Waals surface area contributed by atoms with Crippen LogP contribution in [0.5, 0.6) is 0 Å². The van der Waals surface area contributed by atoms with Gasteiger partial charge in [-0.3, -0.25) is 0 Å². The first-order valence-corrected chi connectivity index (χ1v) is 5.85. The van der Waals surface area contributed by atoms with Crippen LogP contribution in [0.4, 0.5) is 0 Å². The Hall–Kier alpha value is -2.07. The van der Waals surface area contributed by atoms with Crippen LogP contribution in [0.25, 0.3) is 10.8 Å². The molecule has 2 aromatic rings. The summed E-state index contributed by atoms with van der Waals surface area (Å²) in [6.45, 7) is 0. The monoisotopic (exact) mass is 278 g/mol. The van der Waals surface area contributed by atoms with Gasteiger partial charge in [0, 0.05) is 5.39 Å². The van der Waals surface area contributed by atoms with E-state index < -0.39 is 11.9 Å². The topological polar surface area (TPSA) is 52.6 Å². The van der Waals surface area contributed by atoms with E-state index in [9.17, 15) is 9.59 Å². The number of fused-ring (bicyclic) bond motifs is 1. The summed E-state index contributed by atoms with van der Waals surface area (Å²) >= 11 is 6.16. The quantitative estimate of drug-likeness (QED) is 0.792. The molecule has 0 amide bonds. The SMILES string of the molecule is COC(=O)c1ccc2c(Cl)c(C(=O)OC)ccc2c1. The highest BCUT2D eigenvalue weighted by Crippen LogP contribution is 2.28. The molecule has 0 aliphatic carbocycles. The van der Waals surface area contributed by atoms with Crippen LogP contribution in [0, 0.1) is 0 Å². The normalized spacial score (nSPS) is 10.3. The van der Waals surface area contributed by atoms with Gasteiger partial charge in [-0.15, -0.1) is 0 Å². The van der Waals surface area contributed by atoms with E-state index >= 15 is 0 Å². The second kappa shape index (κ2) is 5.28. The van der Waals surface area contributed by atoms with Crippen molar-refractivity contribution in [3.8, 4) is 0 Å². The Labute approximate surface area is 114 Å². The molecule has 0 aliphatic heterocycles. The molecule has 0 spiro atoms. The van der Waals surface area contributed by atoms with Gasteiger partial charge in [0.25, 0.3) is 0 Å². The summed E-state index contributed by atoms with van der Waals surface area (Å²) in [6, 6.07) is 8.21. The molecule has 0 saturated carbocycles. The Morgan fingerprint density at radius 2 is 1.68 bits per heavy atom. The lowest BCUT2D eigenvalue weighted by atomic mass is 10.0. The van der Waals surface area contributed by atoms with E-state index in [1.165, 1.54) is 14.2 Å². The van der Waals surface area contributed by atoms with E-state index in [0.29, 0.717) is 21.5 Å². The van der Waals surface area contributed by atoms with E-state index in [2.05, 4.69) is 9.47 Å². The van der Waals surface area contributed by atoms with Gasteiger partial charge in [0.1, 0.15) is 0 Å². The van der Waals surface area contributed by atoms with Crippen LogP contribution in [0.1, 0.15) is 20.7 Å². The maximum atomic E-state index is 11.5. The summed E-state index contributed by atoms with van der Waals surface area (Å²) in [6.07, 6.45) is 0. The first-order valence-electron chi connectivity index (χ1n) is 5.47. The highest BCUT2D eigenvalue weighted by molar-refractivity contribution is 6.38. The van der Waals surface area contributed by atoms with E-state index in [4.69, 9.17) is 11.6 Å². The standard InChI is InChI=1S/C14H11ClO4/c1-18-13(16)9-4-5-10-8(7-9)3-6-11(12(10)15)14(17)19-2/h3-7H,1-2H3. The Morgan fingerprint density at radius 3 is 2.32 bits per heavy atom. The molecular formula is C14H11ClO4. The molecule has 0 bridgehead atoms. The zero-order valence-electron chi connectivity index (χ0n) is 10.4. The summed E-state index contributed by atoms with van der Waals surface area (Å²) in [5.74, 6) is -0.918. The van der Waals surface area contributed by atoms with Gasteiger partial charge in [-0.2, -0.15) is 0 Å². The minimum atomic E-state index is -0.496. The van der Waals surface area contributed by atoms with Crippen molar-refractivity contribution in [1.82, 2.24) is 0 Å². The third-order valence-electron chi connectivity index (χ3n) is 2.78. The first-order chi connectivity index (χ1) is 9.08. The fourth-order valence-corrected chi connectivity index (χ4v) is 2.12. The zero-order chi connectivity index (χ0) is 14.0. The number of hydrogen-bond donors (Lipinski definition) is 0. The van der Waals surface area contributed by atoms with E-state index in [1.54, 1.807) is 30.3 Å². The molecule has 0 saturated heterocycles. The van der Waals surface area contributed by atoms with Crippen LogP contribution in [0.2, 0.25) is 5.02 Å². The van der Waals surface area contributed by atoms with Gasteiger partial charge in [0.15, 0.2) is 0 Å². The van der Waals surface area contributed by atoms with Crippen molar-refractivity contribution < 1.29 is 19.1 Å². The molecule has 0 atom stereocenters. The number of carbonyl (C=O) groups excluding carboxylic acids is 2. The highest BCUT2D eigenvalue weighted by Gasteiger charge is 2.14. The molecule has 2 aromatic carbocycles. The zero-order valence-corrected chi connectivity index (χ0v) is 11.2. The molecule has 98 valence electrons. The van der Waals surface area contributed by atoms with Crippen molar-refractivity contribution in [1.29, 1.82) is 0 Å². The van der Waals surface area contributed by atoms with Gasteiger partial charge in [-0.1, -0.05) is 23.7 Å². The predicted molar refractivity (Wildman–Crippen MR) is 71.6 cm³/mol. The second-order valence-corrected chi connectivity index (χ2v) is 4.22. The van der Waals surface area contributed by atoms with Crippen molar-refractivity contribution in [3.05, 3.63) is 46.5 Å². The molecule has 0 aromatic heterocycles. The molecule has 4 nitrogen and oxygen atoms in total. The molecule has 0 N–H and O–H groups in total. The smallest absolute Gasteiger partial charge is 0.339 e. The molecule has 0 heterocycles. The highest BCUT2D eigenvalue weighted by atomic mass is 35.5. The number of esters is 2.